The lowest BCUT2D eigenvalue weighted by molar-refractivity contribution is -0.870. The summed E-state index contributed by atoms with van der Waals surface area (Å²) in [6.45, 7) is 1.99. The Morgan fingerprint density at radius 2 is 1.78 bits per heavy atom. The Morgan fingerprint density at radius 1 is 1.09 bits per heavy atom. The van der Waals surface area contributed by atoms with Crippen LogP contribution in [0.1, 0.15) is 11.5 Å². The number of aldehydes is 1. The van der Waals surface area contributed by atoms with Crippen molar-refractivity contribution < 1.29 is 18.8 Å². The molecule has 0 amide bonds. The van der Waals surface area contributed by atoms with Gasteiger partial charge in [0, 0.05) is 0 Å². The smallest absolute Gasteiger partial charge is 0.129 e. The second-order valence-corrected chi connectivity index (χ2v) is 6.80. The van der Waals surface area contributed by atoms with Crippen molar-refractivity contribution in [1.82, 2.24) is 0 Å². The number of carbonyl (C=O) groups excluding carboxylic acids is 1. The van der Waals surface area contributed by atoms with Crippen molar-refractivity contribution in [3.8, 4) is 5.75 Å². The molecule has 4 nitrogen and oxygen atoms in total. The normalized spacial score (nSPS) is 13.0. The van der Waals surface area contributed by atoms with Gasteiger partial charge in [0.1, 0.15) is 18.6 Å². The average Bonchev–Trinajstić information content (AvgIpc) is 2.53. The Bertz CT molecular complexity index is 661. The van der Waals surface area contributed by atoms with Gasteiger partial charge in [0.05, 0.1) is 47.4 Å². The molecule has 0 aliphatic carbocycles. The first-order valence-corrected chi connectivity index (χ1v) is 7.84. The summed E-state index contributed by atoms with van der Waals surface area (Å²) in [5.41, 5.74) is 0.989. The van der Waals surface area contributed by atoms with Crippen LogP contribution < -0.4 is 4.74 Å². The molecule has 2 rings (SSSR count). The Hall–Kier alpha value is -1.91. The summed E-state index contributed by atoms with van der Waals surface area (Å²) in [5.74, 6) is 0.606. The summed E-state index contributed by atoms with van der Waals surface area (Å²) in [6.07, 6.45) is 0.969. The summed E-state index contributed by atoms with van der Waals surface area (Å²) in [4.78, 5) is 11.4. The topological polar surface area (TPSA) is 35.5 Å². The Morgan fingerprint density at radius 3 is 2.43 bits per heavy atom. The fourth-order valence-corrected chi connectivity index (χ4v) is 2.36. The van der Waals surface area contributed by atoms with Gasteiger partial charge in [0.15, 0.2) is 0 Å². The highest BCUT2D eigenvalue weighted by molar-refractivity contribution is 5.85. The molecular weight excluding hydrogens is 290 g/mol. The molecule has 0 aliphatic heterocycles. The molecule has 124 valence electrons. The maximum atomic E-state index is 11.4. The largest absolute Gasteiger partial charge is 0.497 e. The van der Waals surface area contributed by atoms with Crippen LogP contribution in [-0.4, -0.2) is 58.8 Å². The predicted molar refractivity (Wildman–Crippen MR) is 93.0 cm³/mol. The minimum Gasteiger partial charge on any atom is -0.497 e. The number of ether oxygens (including phenoxy) is 2. The lowest BCUT2D eigenvalue weighted by Crippen LogP contribution is -2.37. The fraction of sp³-hybridized carbons (Fsp3) is 0.421. The third kappa shape index (κ3) is 5.05. The third-order valence-corrected chi connectivity index (χ3v) is 3.87. The van der Waals surface area contributed by atoms with Crippen molar-refractivity contribution in [3.63, 3.8) is 0 Å². The van der Waals surface area contributed by atoms with Crippen molar-refractivity contribution in [2.24, 2.45) is 0 Å². The van der Waals surface area contributed by atoms with E-state index in [0.29, 0.717) is 13.2 Å². The summed E-state index contributed by atoms with van der Waals surface area (Å²) in [5, 5.41) is 2.20. The first-order valence-electron chi connectivity index (χ1n) is 7.84. The van der Waals surface area contributed by atoms with E-state index in [1.54, 1.807) is 7.11 Å². The van der Waals surface area contributed by atoms with E-state index >= 15 is 0 Å². The van der Waals surface area contributed by atoms with Crippen molar-refractivity contribution in [3.05, 3.63) is 42.0 Å². The van der Waals surface area contributed by atoms with Crippen LogP contribution in [0.5, 0.6) is 5.75 Å². The van der Waals surface area contributed by atoms with Crippen molar-refractivity contribution >= 4 is 17.1 Å². The molecule has 0 spiro atoms. The SMILES string of the molecule is COc1ccc2cc(C(C=O)COCC[N+](C)(C)C)ccc2c1. The van der Waals surface area contributed by atoms with Crippen molar-refractivity contribution in [1.29, 1.82) is 0 Å². The fourth-order valence-electron chi connectivity index (χ4n) is 2.36. The number of nitrogens with zero attached hydrogens (tertiary/aromatic N) is 1. The second-order valence-electron chi connectivity index (χ2n) is 6.80. The van der Waals surface area contributed by atoms with Gasteiger partial charge in [-0.1, -0.05) is 24.3 Å². The molecule has 1 atom stereocenters. The highest BCUT2D eigenvalue weighted by Crippen LogP contribution is 2.24. The number of benzene rings is 2. The van der Waals surface area contributed by atoms with Gasteiger partial charge >= 0.3 is 0 Å². The third-order valence-electron chi connectivity index (χ3n) is 3.87. The first kappa shape index (κ1) is 17.4. The number of methoxy groups -OCH3 is 1. The molecule has 0 aliphatic rings. The van der Waals surface area contributed by atoms with E-state index in [9.17, 15) is 4.79 Å². The molecule has 0 N–H and O–H groups in total. The summed E-state index contributed by atoms with van der Waals surface area (Å²) >= 11 is 0. The molecule has 0 bridgehead atoms. The molecule has 0 heterocycles. The van der Waals surface area contributed by atoms with Crippen LogP contribution in [0.3, 0.4) is 0 Å². The zero-order valence-corrected chi connectivity index (χ0v) is 14.4. The van der Waals surface area contributed by atoms with Crippen LogP contribution in [0, 0.1) is 0 Å². The first-order chi connectivity index (χ1) is 10.9. The van der Waals surface area contributed by atoms with Crippen LogP contribution in [0.25, 0.3) is 10.8 Å². The number of carbonyl (C=O) groups is 1. The van der Waals surface area contributed by atoms with E-state index in [0.717, 1.165) is 39.4 Å². The molecule has 23 heavy (non-hydrogen) atoms. The van der Waals surface area contributed by atoms with Gasteiger partial charge in [-0.2, -0.15) is 0 Å². The van der Waals surface area contributed by atoms with Crippen LogP contribution in [0.15, 0.2) is 36.4 Å². The quantitative estimate of drug-likeness (QED) is 0.427. The Labute approximate surface area is 138 Å². The highest BCUT2D eigenvalue weighted by Gasteiger charge is 2.13. The number of hydrogen-bond donors (Lipinski definition) is 0. The van der Waals surface area contributed by atoms with Gasteiger partial charge in [-0.25, -0.2) is 0 Å². The number of rotatable bonds is 8. The maximum Gasteiger partial charge on any atom is 0.129 e. The van der Waals surface area contributed by atoms with Gasteiger partial charge in [-0.05, 0) is 28.5 Å². The van der Waals surface area contributed by atoms with Crippen LogP contribution >= 0.6 is 0 Å². The lowest BCUT2D eigenvalue weighted by Gasteiger charge is -2.24. The molecule has 0 saturated heterocycles. The lowest BCUT2D eigenvalue weighted by atomic mass is 9.98. The minimum absolute atomic E-state index is 0.228. The van der Waals surface area contributed by atoms with E-state index in [-0.39, 0.29) is 5.92 Å². The Balaban J connectivity index is 2.05. The molecule has 1 unspecified atom stereocenters. The van der Waals surface area contributed by atoms with Gasteiger partial charge in [0.25, 0.3) is 0 Å². The zero-order chi connectivity index (χ0) is 16.9. The predicted octanol–water partition coefficient (Wildman–Crippen LogP) is 2.85. The minimum atomic E-state index is -0.228. The summed E-state index contributed by atoms with van der Waals surface area (Å²) in [6, 6.07) is 12.0. The summed E-state index contributed by atoms with van der Waals surface area (Å²) < 4.78 is 11.8. The van der Waals surface area contributed by atoms with Crippen LogP contribution in [0.4, 0.5) is 0 Å². The number of likely N-dealkylation sites (N-methyl/N-ethyl adjacent to an activating group) is 1. The molecular formula is C19H26NO3+. The van der Waals surface area contributed by atoms with Crippen LogP contribution in [-0.2, 0) is 9.53 Å². The van der Waals surface area contributed by atoms with Gasteiger partial charge in [-0.15, -0.1) is 0 Å². The van der Waals surface area contributed by atoms with Crippen LogP contribution in [0.2, 0.25) is 0 Å². The van der Waals surface area contributed by atoms with Gasteiger partial charge in [0.2, 0.25) is 0 Å². The number of quaternary nitrogens is 1. The standard InChI is InChI=1S/C19H26NO3/c1-20(2,3)9-10-23-14-18(13-21)16-5-6-17-12-19(22-4)8-7-15(17)11-16/h5-8,11-13,18H,9-10,14H2,1-4H3/q+1. The van der Waals surface area contributed by atoms with E-state index in [1.807, 2.05) is 30.3 Å². The molecule has 0 fully saturated rings. The van der Waals surface area contributed by atoms with Crippen molar-refractivity contribution in [2.75, 3.05) is 48.0 Å². The summed E-state index contributed by atoms with van der Waals surface area (Å²) in [7, 11) is 8.03. The average molecular weight is 316 g/mol. The van der Waals surface area contributed by atoms with E-state index in [4.69, 9.17) is 9.47 Å². The van der Waals surface area contributed by atoms with Crippen molar-refractivity contribution in [2.45, 2.75) is 5.92 Å². The van der Waals surface area contributed by atoms with E-state index in [2.05, 4.69) is 27.2 Å². The highest BCUT2D eigenvalue weighted by atomic mass is 16.5. The van der Waals surface area contributed by atoms with Gasteiger partial charge < -0.3 is 18.8 Å². The molecule has 4 heteroatoms. The molecule has 0 saturated carbocycles. The zero-order valence-electron chi connectivity index (χ0n) is 14.4. The maximum absolute atomic E-state index is 11.4. The number of hydrogen-bond acceptors (Lipinski definition) is 3. The van der Waals surface area contributed by atoms with E-state index < -0.39 is 0 Å². The second kappa shape index (κ2) is 7.57. The molecule has 0 aromatic heterocycles. The van der Waals surface area contributed by atoms with Gasteiger partial charge in [-0.3, -0.25) is 0 Å². The number of fused-ring (bicyclic) bond motifs is 1. The molecule has 2 aromatic rings. The van der Waals surface area contributed by atoms with E-state index in [1.165, 1.54) is 0 Å². The molecule has 2 aromatic carbocycles. The Kier molecular flexibility index (Phi) is 5.74. The molecule has 0 radical (unpaired) electrons. The monoisotopic (exact) mass is 316 g/mol.